The van der Waals surface area contributed by atoms with E-state index in [0.717, 1.165) is 0 Å². The molecule has 23 valence electrons. The van der Waals surface area contributed by atoms with Crippen molar-refractivity contribution in [1.29, 1.82) is 0 Å². The second-order valence-electron chi connectivity index (χ2n) is 0. The first-order valence-corrected chi connectivity index (χ1v) is 0. The van der Waals surface area contributed by atoms with Gasteiger partial charge in [0.2, 0.25) is 0 Å². The molecule has 0 saturated carbocycles. The molecule has 0 aromatic heterocycles. The van der Waals surface area contributed by atoms with Gasteiger partial charge >= 0.3 is 0 Å². The number of hydrogen-bond donors (Lipinski definition) is 0. The van der Waals surface area contributed by atoms with Crippen molar-refractivity contribution in [1.82, 2.24) is 0 Å². The van der Waals surface area contributed by atoms with Crippen LogP contribution in [0.4, 0.5) is 0 Å². The number of hydrogen-bond acceptors (Lipinski definition) is 0. The third kappa shape index (κ3) is 8.82. The molecule has 4 heavy (non-hydrogen) atoms. The van der Waals surface area contributed by atoms with E-state index < -0.39 is 0 Å². The molecule has 0 aromatic rings. The van der Waals surface area contributed by atoms with Crippen molar-refractivity contribution < 1.29 is 64.4 Å². The average molecular weight is 229 g/mol. The Morgan fingerprint density at radius 2 is 1.00 bits per heavy atom. The van der Waals surface area contributed by atoms with Crippen LogP contribution in [0.25, 0.3) is 0 Å². The summed E-state index contributed by atoms with van der Waals surface area (Å²) in [5.41, 5.74) is 0. The summed E-state index contributed by atoms with van der Waals surface area (Å²) in [5, 5.41) is 0. The van der Waals surface area contributed by atoms with Crippen molar-refractivity contribution in [3.63, 3.8) is 0 Å². The van der Waals surface area contributed by atoms with Crippen molar-refractivity contribution in [3.8, 4) is 0 Å². The smallest absolute Gasteiger partial charge is 0 e. The van der Waals surface area contributed by atoms with Gasteiger partial charge in [-0.05, 0) is 0 Å². The second-order valence-corrected chi connectivity index (χ2v) is 0. The van der Waals surface area contributed by atoms with Crippen LogP contribution < -0.4 is 0 Å². The van der Waals surface area contributed by atoms with Crippen molar-refractivity contribution >= 4 is 9.90 Å². The SMILES string of the molecule is [Ni].[P].[Ti].[Zr]. The molecule has 0 N–H and O–H groups in total. The van der Waals surface area contributed by atoms with Crippen LogP contribution in [-0.4, -0.2) is 0 Å². The minimum absolute atomic E-state index is 0. The van der Waals surface area contributed by atoms with Gasteiger partial charge in [0.15, 0.2) is 0 Å². The Labute approximate surface area is 73.4 Å². The van der Waals surface area contributed by atoms with E-state index in [4.69, 9.17) is 0 Å². The quantitative estimate of drug-likeness (QED) is 0.426. The summed E-state index contributed by atoms with van der Waals surface area (Å²) in [5.74, 6) is 0. The molecule has 0 aliphatic rings. The van der Waals surface area contributed by atoms with Gasteiger partial charge < -0.3 is 0 Å². The fourth-order valence-corrected chi connectivity index (χ4v) is 0. The maximum Gasteiger partial charge on any atom is 0 e. The zero-order chi connectivity index (χ0) is 0. The molecule has 0 fully saturated rings. The van der Waals surface area contributed by atoms with Crippen LogP contribution in [0.3, 0.4) is 0 Å². The Kier molecular flexibility index (Phi) is 139. The largest absolute Gasteiger partial charge is 0 e. The molecule has 0 aromatic carbocycles. The van der Waals surface area contributed by atoms with E-state index in [9.17, 15) is 0 Å². The molecule has 0 nitrogen and oxygen atoms in total. The fraction of sp³-hybridized carbons (Fsp3) is 0. The molecule has 0 unspecified atom stereocenters. The molecule has 0 amide bonds. The zero-order valence-electron chi connectivity index (χ0n) is 1.76. The average Bonchev–Trinajstić information content (AvgIpc) is 0. The molecule has 0 saturated heterocycles. The summed E-state index contributed by atoms with van der Waals surface area (Å²) < 4.78 is 0. The summed E-state index contributed by atoms with van der Waals surface area (Å²) >= 11 is 0. The zero-order valence-corrected chi connectivity index (χ0v) is 7.67. The maximum atomic E-state index is 0. The van der Waals surface area contributed by atoms with Gasteiger partial charge in [-0.25, -0.2) is 0 Å². The first kappa shape index (κ1) is 31.3. The van der Waals surface area contributed by atoms with E-state index >= 15 is 0 Å². The van der Waals surface area contributed by atoms with Crippen LogP contribution in [0, 0.1) is 0 Å². The summed E-state index contributed by atoms with van der Waals surface area (Å²) in [7, 11) is 0. The Bertz CT molecular complexity index is 8.00. The Balaban J connectivity index is 0. The standard InChI is InChI=1S/Ni.P.Ti.Zr. The van der Waals surface area contributed by atoms with E-state index in [1.54, 1.807) is 0 Å². The molecule has 0 rings (SSSR count). The van der Waals surface area contributed by atoms with Crippen molar-refractivity contribution in [2.24, 2.45) is 0 Å². The minimum Gasteiger partial charge on any atom is 0 e. The van der Waals surface area contributed by atoms with E-state index in [-0.39, 0.29) is 74.3 Å². The Hall–Kier alpha value is 2.52. The van der Waals surface area contributed by atoms with Gasteiger partial charge in [0.1, 0.15) is 0 Å². The van der Waals surface area contributed by atoms with Crippen LogP contribution in [0.5, 0.6) is 0 Å². The molecular formula is NiPTiZr. The number of rotatable bonds is 0. The summed E-state index contributed by atoms with van der Waals surface area (Å²) in [6.07, 6.45) is 0. The summed E-state index contributed by atoms with van der Waals surface area (Å²) in [6, 6.07) is 0. The molecule has 0 aliphatic carbocycles. The van der Waals surface area contributed by atoms with Crippen molar-refractivity contribution in [3.05, 3.63) is 0 Å². The van der Waals surface area contributed by atoms with Gasteiger partial charge in [-0.1, -0.05) is 0 Å². The Morgan fingerprint density at radius 3 is 1.00 bits per heavy atom. The van der Waals surface area contributed by atoms with Crippen LogP contribution in [0.15, 0.2) is 0 Å². The topological polar surface area (TPSA) is 0 Å². The predicted molar refractivity (Wildman–Crippen MR) is 6.92 cm³/mol. The van der Waals surface area contributed by atoms with Crippen LogP contribution >= 0.6 is 9.90 Å². The molecule has 0 bridgehead atoms. The van der Waals surface area contributed by atoms with E-state index in [2.05, 4.69) is 0 Å². The molecule has 4 heteroatoms. The van der Waals surface area contributed by atoms with E-state index in [0.29, 0.717) is 0 Å². The fourth-order valence-electron chi connectivity index (χ4n) is 0. The van der Waals surface area contributed by atoms with E-state index in [1.807, 2.05) is 0 Å². The first-order valence-electron chi connectivity index (χ1n) is 0. The van der Waals surface area contributed by atoms with Gasteiger partial charge in [-0.3, -0.25) is 0 Å². The normalized spacial score (nSPS) is 0. The van der Waals surface area contributed by atoms with Crippen LogP contribution in [0.2, 0.25) is 0 Å². The Morgan fingerprint density at radius 1 is 1.00 bits per heavy atom. The van der Waals surface area contributed by atoms with Gasteiger partial charge in [-0.15, -0.1) is 0 Å². The molecule has 0 aliphatic heterocycles. The minimum atomic E-state index is 0. The molecule has 0 spiro atoms. The van der Waals surface area contributed by atoms with Gasteiger partial charge in [0, 0.05) is 74.3 Å². The maximum absolute atomic E-state index is 0. The molecule has 0 heterocycles. The van der Waals surface area contributed by atoms with Gasteiger partial charge in [-0.2, -0.15) is 0 Å². The van der Waals surface area contributed by atoms with Gasteiger partial charge in [0.25, 0.3) is 0 Å². The molecular weight excluding hydrogens is 229 g/mol. The predicted octanol–water partition coefficient (Wildman–Crippen LogP) is 0.854. The van der Waals surface area contributed by atoms with Crippen molar-refractivity contribution in [2.75, 3.05) is 0 Å². The second kappa shape index (κ2) is 17.8. The third-order valence-corrected chi connectivity index (χ3v) is 0. The monoisotopic (exact) mass is 227 g/mol. The summed E-state index contributed by atoms with van der Waals surface area (Å²) in [4.78, 5) is 0. The molecule has 3 radical (unpaired) electrons. The molecule has 0 atom stereocenters. The van der Waals surface area contributed by atoms with Crippen LogP contribution in [-0.2, 0) is 64.4 Å². The van der Waals surface area contributed by atoms with Gasteiger partial charge in [0.05, 0.1) is 0 Å². The van der Waals surface area contributed by atoms with Crippen molar-refractivity contribution in [2.45, 2.75) is 0 Å². The summed E-state index contributed by atoms with van der Waals surface area (Å²) in [6.45, 7) is 0. The van der Waals surface area contributed by atoms with Crippen LogP contribution in [0.1, 0.15) is 0 Å². The third-order valence-electron chi connectivity index (χ3n) is 0. The first-order chi connectivity index (χ1) is 0. The van der Waals surface area contributed by atoms with E-state index in [1.165, 1.54) is 0 Å².